The van der Waals surface area contributed by atoms with Crippen LogP contribution in [0.25, 0.3) is 0 Å². The smallest absolute Gasteiger partial charge is 0.160 e. The summed E-state index contributed by atoms with van der Waals surface area (Å²) in [7, 11) is 0. The first-order valence-electron chi connectivity index (χ1n) is 9.74. The molecule has 1 N–H and O–H groups in total. The SMILES string of the molecule is C[C@@H]1[C@@H]2CCC3=C(C(=O)CC3)[C@@]3(CCCO)C(=O)C1(C)CC[C@@]23C. The van der Waals surface area contributed by atoms with Gasteiger partial charge in [0.05, 0.1) is 5.41 Å². The molecule has 0 aromatic carbocycles. The summed E-state index contributed by atoms with van der Waals surface area (Å²) in [5.41, 5.74) is 1.14. The second-order valence-corrected chi connectivity index (χ2v) is 9.23. The second-order valence-electron chi connectivity index (χ2n) is 9.23. The molecule has 0 heterocycles. The zero-order valence-electron chi connectivity index (χ0n) is 15.3. The van der Waals surface area contributed by atoms with Crippen LogP contribution in [-0.2, 0) is 9.59 Å². The first-order chi connectivity index (χ1) is 11.3. The lowest BCUT2D eigenvalue weighted by molar-refractivity contribution is -0.191. The van der Waals surface area contributed by atoms with Crippen LogP contribution in [0, 0.1) is 28.1 Å². The predicted molar refractivity (Wildman–Crippen MR) is 92.4 cm³/mol. The molecule has 3 saturated carbocycles. The lowest BCUT2D eigenvalue weighted by Crippen LogP contribution is -2.68. The average Bonchev–Trinajstić information content (AvgIpc) is 2.87. The molecule has 5 aliphatic rings. The number of fused-ring (bicyclic) bond motifs is 1. The minimum atomic E-state index is -0.626. The van der Waals surface area contributed by atoms with E-state index in [9.17, 15) is 14.7 Å². The van der Waals surface area contributed by atoms with Gasteiger partial charge in [-0.2, -0.15) is 0 Å². The quantitative estimate of drug-likeness (QED) is 0.855. The van der Waals surface area contributed by atoms with Gasteiger partial charge in [-0.05, 0) is 62.2 Å². The van der Waals surface area contributed by atoms with Crippen LogP contribution in [0.3, 0.4) is 0 Å². The number of hydrogen-bond donors (Lipinski definition) is 1. The molecule has 5 aliphatic carbocycles. The van der Waals surface area contributed by atoms with E-state index in [1.807, 2.05) is 0 Å². The molecule has 3 heteroatoms. The first kappa shape index (κ1) is 16.5. The van der Waals surface area contributed by atoms with Gasteiger partial charge in [0, 0.05) is 24.0 Å². The van der Waals surface area contributed by atoms with Gasteiger partial charge in [0.15, 0.2) is 5.78 Å². The topological polar surface area (TPSA) is 54.4 Å². The number of rotatable bonds is 3. The first-order valence-corrected chi connectivity index (χ1v) is 9.74. The highest BCUT2D eigenvalue weighted by Crippen LogP contribution is 2.74. The molecule has 0 amide bonds. The van der Waals surface area contributed by atoms with Gasteiger partial charge in [-0.25, -0.2) is 0 Å². The van der Waals surface area contributed by atoms with Crippen molar-refractivity contribution in [1.82, 2.24) is 0 Å². The summed E-state index contributed by atoms with van der Waals surface area (Å²) in [5.74, 6) is 1.44. The molecule has 3 fully saturated rings. The third kappa shape index (κ3) is 1.63. The maximum atomic E-state index is 13.9. The van der Waals surface area contributed by atoms with Crippen LogP contribution in [0.4, 0.5) is 0 Å². The highest BCUT2D eigenvalue weighted by Gasteiger charge is 2.73. The van der Waals surface area contributed by atoms with Crippen LogP contribution in [0.1, 0.15) is 72.1 Å². The van der Waals surface area contributed by atoms with Crippen molar-refractivity contribution in [3.05, 3.63) is 11.1 Å². The molecule has 0 aliphatic heterocycles. The Morgan fingerprint density at radius 3 is 2.58 bits per heavy atom. The standard InChI is InChI=1S/C21H30O3/c1-13-15-7-5-14-6-8-16(23)17(14)21(9-4-12-22)18(24)19(13,2)10-11-20(15,21)3/h13,15,22H,4-12H2,1-3H3/t13-,15+,19?,20+,21+/m1/s1. The summed E-state index contributed by atoms with van der Waals surface area (Å²) in [6.45, 7) is 6.82. The van der Waals surface area contributed by atoms with E-state index in [-0.39, 0.29) is 23.2 Å². The molecule has 1 unspecified atom stereocenters. The zero-order valence-corrected chi connectivity index (χ0v) is 15.3. The van der Waals surface area contributed by atoms with Crippen LogP contribution < -0.4 is 0 Å². The van der Waals surface area contributed by atoms with Crippen molar-refractivity contribution in [2.45, 2.75) is 72.1 Å². The van der Waals surface area contributed by atoms with E-state index in [1.54, 1.807) is 0 Å². The molecule has 0 spiro atoms. The van der Waals surface area contributed by atoms with Crippen LogP contribution >= 0.6 is 0 Å². The highest BCUT2D eigenvalue weighted by atomic mass is 16.3. The van der Waals surface area contributed by atoms with Crippen molar-refractivity contribution >= 4 is 11.6 Å². The largest absolute Gasteiger partial charge is 0.396 e. The summed E-state index contributed by atoms with van der Waals surface area (Å²) >= 11 is 0. The van der Waals surface area contributed by atoms with Gasteiger partial charge in [-0.1, -0.05) is 26.3 Å². The van der Waals surface area contributed by atoms with E-state index in [1.165, 1.54) is 5.57 Å². The molecule has 5 rings (SSSR count). The number of aliphatic hydroxyl groups excluding tert-OH is 1. The second kappa shape index (κ2) is 5.03. The molecule has 0 aromatic heterocycles. The van der Waals surface area contributed by atoms with Gasteiger partial charge < -0.3 is 5.11 Å². The Morgan fingerprint density at radius 2 is 1.88 bits per heavy atom. The predicted octanol–water partition coefficient (Wildman–Crippen LogP) is 3.84. The lowest BCUT2D eigenvalue weighted by atomic mass is 9.34. The molecular weight excluding hydrogens is 300 g/mol. The molecule has 0 radical (unpaired) electrons. The Morgan fingerprint density at radius 1 is 1.12 bits per heavy atom. The van der Waals surface area contributed by atoms with Gasteiger partial charge in [0.1, 0.15) is 5.78 Å². The van der Waals surface area contributed by atoms with E-state index in [0.717, 1.165) is 37.7 Å². The number of ketones is 2. The van der Waals surface area contributed by atoms with Gasteiger partial charge >= 0.3 is 0 Å². The Labute approximate surface area is 144 Å². The van der Waals surface area contributed by atoms with Crippen molar-refractivity contribution in [2.24, 2.45) is 28.1 Å². The number of hydrogen-bond acceptors (Lipinski definition) is 3. The van der Waals surface area contributed by atoms with Gasteiger partial charge in [-0.15, -0.1) is 0 Å². The van der Waals surface area contributed by atoms with Crippen molar-refractivity contribution in [2.75, 3.05) is 6.61 Å². The number of allylic oxidation sites excluding steroid dienone is 2. The van der Waals surface area contributed by atoms with Crippen molar-refractivity contribution in [3.8, 4) is 0 Å². The fourth-order valence-electron chi connectivity index (χ4n) is 7.19. The molecule has 4 bridgehead atoms. The molecule has 0 saturated heterocycles. The fourth-order valence-corrected chi connectivity index (χ4v) is 7.19. The normalized spacial score (nSPS) is 47.2. The zero-order chi connectivity index (χ0) is 17.3. The third-order valence-electron chi connectivity index (χ3n) is 8.65. The number of Topliss-reactive ketones (excluding diaryl/α,β-unsaturated/α-hetero) is 2. The summed E-state index contributed by atoms with van der Waals surface area (Å²) in [5, 5.41) is 9.51. The summed E-state index contributed by atoms with van der Waals surface area (Å²) in [6.07, 6.45) is 6.83. The molecular formula is C21H30O3. The molecule has 0 aromatic rings. The number of carbonyl (C=O) groups is 2. The summed E-state index contributed by atoms with van der Waals surface area (Å²) in [4.78, 5) is 26.8. The Hall–Kier alpha value is -0.960. The molecule has 24 heavy (non-hydrogen) atoms. The molecule has 132 valence electrons. The van der Waals surface area contributed by atoms with Crippen molar-refractivity contribution in [1.29, 1.82) is 0 Å². The summed E-state index contributed by atoms with van der Waals surface area (Å²) < 4.78 is 0. The maximum Gasteiger partial charge on any atom is 0.160 e. The Bertz CT molecular complexity index is 647. The monoisotopic (exact) mass is 330 g/mol. The van der Waals surface area contributed by atoms with Crippen LogP contribution in [0.5, 0.6) is 0 Å². The van der Waals surface area contributed by atoms with E-state index in [4.69, 9.17) is 0 Å². The fraction of sp³-hybridized carbons (Fsp3) is 0.810. The molecule has 3 nitrogen and oxygen atoms in total. The van der Waals surface area contributed by atoms with E-state index in [0.29, 0.717) is 36.9 Å². The third-order valence-corrected chi connectivity index (χ3v) is 8.65. The minimum Gasteiger partial charge on any atom is -0.396 e. The van der Waals surface area contributed by atoms with E-state index >= 15 is 0 Å². The summed E-state index contributed by atoms with van der Waals surface area (Å²) in [6, 6.07) is 0. The van der Waals surface area contributed by atoms with Gasteiger partial charge in [0.2, 0.25) is 0 Å². The maximum absolute atomic E-state index is 13.9. The average molecular weight is 330 g/mol. The van der Waals surface area contributed by atoms with Crippen molar-refractivity contribution < 1.29 is 14.7 Å². The van der Waals surface area contributed by atoms with Gasteiger partial charge in [0.25, 0.3) is 0 Å². The van der Waals surface area contributed by atoms with E-state index in [2.05, 4.69) is 20.8 Å². The highest BCUT2D eigenvalue weighted by molar-refractivity contribution is 6.09. The molecule has 5 atom stereocenters. The van der Waals surface area contributed by atoms with Crippen LogP contribution in [-0.4, -0.2) is 23.3 Å². The minimum absolute atomic E-state index is 0.0961. The lowest BCUT2D eigenvalue weighted by Gasteiger charge is -2.67. The number of aliphatic hydroxyl groups is 1. The van der Waals surface area contributed by atoms with Crippen molar-refractivity contribution in [3.63, 3.8) is 0 Å². The van der Waals surface area contributed by atoms with E-state index < -0.39 is 5.41 Å². The Kier molecular flexibility index (Phi) is 3.46. The number of carbonyl (C=O) groups excluding carboxylic acids is 2. The Balaban J connectivity index is 2.00. The van der Waals surface area contributed by atoms with Crippen LogP contribution in [0.15, 0.2) is 11.1 Å². The van der Waals surface area contributed by atoms with Gasteiger partial charge in [-0.3, -0.25) is 9.59 Å². The van der Waals surface area contributed by atoms with Crippen LogP contribution in [0.2, 0.25) is 0 Å².